The molecule has 2 heterocycles. The van der Waals surface area contributed by atoms with Crippen LogP contribution in [-0.2, 0) is 0 Å². The molecule has 2 aromatic rings. The van der Waals surface area contributed by atoms with Gasteiger partial charge in [0, 0.05) is 31.7 Å². The van der Waals surface area contributed by atoms with Crippen molar-refractivity contribution in [2.75, 3.05) is 37.6 Å². The van der Waals surface area contributed by atoms with Crippen LogP contribution in [0.25, 0.3) is 0 Å². The molecular formula is C16H16ClN3S. The third-order valence-corrected chi connectivity index (χ3v) is 4.59. The summed E-state index contributed by atoms with van der Waals surface area (Å²) >= 11 is 7.48. The van der Waals surface area contributed by atoms with Crippen molar-refractivity contribution in [1.29, 1.82) is 0 Å². The lowest BCUT2D eigenvalue weighted by Gasteiger charge is -2.33. The van der Waals surface area contributed by atoms with E-state index in [2.05, 4.69) is 26.6 Å². The Labute approximate surface area is 134 Å². The van der Waals surface area contributed by atoms with Gasteiger partial charge >= 0.3 is 0 Å². The van der Waals surface area contributed by atoms with E-state index in [0.29, 0.717) is 0 Å². The van der Waals surface area contributed by atoms with E-state index in [1.807, 2.05) is 30.3 Å². The van der Waals surface area contributed by atoms with Crippen molar-refractivity contribution < 1.29 is 0 Å². The molecule has 3 rings (SSSR count). The van der Waals surface area contributed by atoms with Gasteiger partial charge in [0.1, 0.15) is 4.34 Å². The Hall–Kier alpha value is -1.54. The molecule has 1 aliphatic heterocycles. The monoisotopic (exact) mass is 317 g/mol. The molecule has 0 N–H and O–H groups in total. The van der Waals surface area contributed by atoms with E-state index in [0.717, 1.165) is 47.8 Å². The number of piperazine rings is 1. The first-order chi connectivity index (χ1) is 10.3. The van der Waals surface area contributed by atoms with E-state index in [4.69, 9.17) is 11.6 Å². The van der Waals surface area contributed by atoms with Crippen LogP contribution in [-0.4, -0.2) is 42.6 Å². The van der Waals surface area contributed by atoms with Crippen LogP contribution in [0.3, 0.4) is 0 Å². The highest BCUT2D eigenvalue weighted by Gasteiger charge is 2.18. The molecule has 0 amide bonds. The topological polar surface area (TPSA) is 19.4 Å². The fourth-order valence-electron chi connectivity index (χ4n) is 2.26. The maximum Gasteiger partial charge on any atom is 0.186 e. The number of thiazole rings is 1. The molecule has 1 aromatic heterocycles. The molecule has 0 spiro atoms. The van der Waals surface area contributed by atoms with Gasteiger partial charge in [0.2, 0.25) is 0 Å². The molecule has 21 heavy (non-hydrogen) atoms. The molecule has 1 aliphatic rings. The van der Waals surface area contributed by atoms with Crippen LogP contribution in [0, 0.1) is 11.8 Å². The zero-order valence-corrected chi connectivity index (χ0v) is 13.2. The van der Waals surface area contributed by atoms with Crippen molar-refractivity contribution in [2.45, 2.75) is 0 Å². The molecule has 1 saturated heterocycles. The number of halogens is 1. The van der Waals surface area contributed by atoms with E-state index >= 15 is 0 Å². The van der Waals surface area contributed by atoms with Crippen LogP contribution in [0.2, 0.25) is 4.34 Å². The highest BCUT2D eigenvalue weighted by Crippen LogP contribution is 2.26. The predicted molar refractivity (Wildman–Crippen MR) is 89.1 cm³/mol. The molecule has 1 aromatic carbocycles. The van der Waals surface area contributed by atoms with Crippen LogP contribution in [0.15, 0.2) is 36.5 Å². The Morgan fingerprint density at radius 3 is 2.57 bits per heavy atom. The molecule has 0 atom stereocenters. The van der Waals surface area contributed by atoms with Crippen LogP contribution < -0.4 is 4.90 Å². The summed E-state index contributed by atoms with van der Waals surface area (Å²) in [7, 11) is 0. The first-order valence-electron chi connectivity index (χ1n) is 6.94. The summed E-state index contributed by atoms with van der Waals surface area (Å²) in [6, 6.07) is 10.1. The number of nitrogens with zero attached hydrogens (tertiary/aromatic N) is 3. The van der Waals surface area contributed by atoms with Gasteiger partial charge in [-0.05, 0) is 12.1 Å². The summed E-state index contributed by atoms with van der Waals surface area (Å²) in [6.07, 6.45) is 1.72. The van der Waals surface area contributed by atoms with Crippen molar-refractivity contribution in [3.8, 4) is 11.8 Å². The van der Waals surface area contributed by atoms with Crippen molar-refractivity contribution in [2.24, 2.45) is 0 Å². The van der Waals surface area contributed by atoms with Crippen molar-refractivity contribution in [3.63, 3.8) is 0 Å². The average molecular weight is 318 g/mol. The summed E-state index contributed by atoms with van der Waals surface area (Å²) in [5.74, 6) is 6.46. The smallest absolute Gasteiger partial charge is 0.186 e. The lowest BCUT2D eigenvalue weighted by Crippen LogP contribution is -2.46. The first-order valence-corrected chi connectivity index (χ1v) is 8.13. The second kappa shape index (κ2) is 6.95. The maximum absolute atomic E-state index is 5.94. The standard InChI is InChI=1S/C16H16ClN3S/c17-15-13-18-16(21-15)20-11-9-19(10-12-20)8-4-7-14-5-2-1-3-6-14/h1-3,5-6,13H,8-12H2. The molecule has 0 radical (unpaired) electrons. The third kappa shape index (κ3) is 3.98. The average Bonchev–Trinajstić information content (AvgIpc) is 2.96. The maximum atomic E-state index is 5.94. The highest BCUT2D eigenvalue weighted by molar-refractivity contribution is 7.19. The number of benzene rings is 1. The molecule has 0 unspecified atom stereocenters. The first kappa shape index (κ1) is 14.4. The summed E-state index contributed by atoms with van der Waals surface area (Å²) in [5, 5.41) is 1.02. The molecule has 0 aliphatic carbocycles. The summed E-state index contributed by atoms with van der Waals surface area (Å²) in [5.41, 5.74) is 1.08. The fraction of sp³-hybridized carbons (Fsp3) is 0.312. The van der Waals surface area contributed by atoms with E-state index in [1.54, 1.807) is 17.5 Å². The lowest BCUT2D eigenvalue weighted by molar-refractivity contribution is 0.288. The van der Waals surface area contributed by atoms with Gasteiger partial charge in [0.05, 0.1) is 12.7 Å². The van der Waals surface area contributed by atoms with Crippen molar-refractivity contribution in [3.05, 3.63) is 46.4 Å². The summed E-state index contributed by atoms with van der Waals surface area (Å²) in [4.78, 5) is 9.00. The van der Waals surface area contributed by atoms with Gasteiger partial charge in [-0.3, -0.25) is 4.90 Å². The summed E-state index contributed by atoms with van der Waals surface area (Å²) < 4.78 is 0.751. The minimum absolute atomic E-state index is 0.751. The summed E-state index contributed by atoms with van der Waals surface area (Å²) in [6.45, 7) is 4.82. The van der Waals surface area contributed by atoms with Gasteiger partial charge in [-0.15, -0.1) is 0 Å². The Balaban J connectivity index is 1.49. The minimum Gasteiger partial charge on any atom is -0.345 e. The zero-order valence-electron chi connectivity index (χ0n) is 11.6. The van der Waals surface area contributed by atoms with Crippen LogP contribution in [0.4, 0.5) is 5.13 Å². The van der Waals surface area contributed by atoms with Crippen molar-refractivity contribution in [1.82, 2.24) is 9.88 Å². The van der Waals surface area contributed by atoms with Gasteiger partial charge in [-0.25, -0.2) is 4.98 Å². The highest BCUT2D eigenvalue weighted by atomic mass is 35.5. The number of hydrogen-bond donors (Lipinski definition) is 0. The van der Waals surface area contributed by atoms with Crippen LogP contribution in [0.1, 0.15) is 5.56 Å². The minimum atomic E-state index is 0.751. The van der Waals surface area contributed by atoms with E-state index in [-0.39, 0.29) is 0 Å². The molecule has 1 fully saturated rings. The molecule has 3 nitrogen and oxygen atoms in total. The van der Waals surface area contributed by atoms with Gasteiger partial charge in [-0.1, -0.05) is 53.0 Å². The largest absolute Gasteiger partial charge is 0.345 e. The zero-order chi connectivity index (χ0) is 14.5. The Morgan fingerprint density at radius 1 is 1.14 bits per heavy atom. The Morgan fingerprint density at radius 2 is 1.90 bits per heavy atom. The second-order valence-electron chi connectivity index (χ2n) is 4.88. The van der Waals surface area contributed by atoms with Gasteiger partial charge in [0.25, 0.3) is 0 Å². The number of aromatic nitrogens is 1. The third-order valence-electron chi connectivity index (χ3n) is 3.42. The molecule has 5 heteroatoms. The molecule has 0 saturated carbocycles. The van der Waals surface area contributed by atoms with Crippen LogP contribution in [0.5, 0.6) is 0 Å². The lowest BCUT2D eigenvalue weighted by atomic mass is 10.2. The Kier molecular flexibility index (Phi) is 4.76. The fourth-order valence-corrected chi connectivity index (χ4v) is 3.22. The van der Waals surface area contributed by atoms with Crippen molar-refractivity contribution >= 4 is 28.1 Å². The molecule has 108 valence electrons. The van der Waals surface area contributed by atoms with Gasteiger partial charge in [0.15, 0.2) is 5.13 Å². The number of anilines is 1. The van der Waals surface area contributed by atoms with Gasteiger partial charge < -0.3 is 4.90 Å². The molecular weight excluding hydrogens is 302 g/mol. The predicted octanol–water partition coefficient (Wildman–Crippen LogP) is 2.97. The number of rotatable bonds is 2. The SMILES string of the molecule is Clc1cnc(N2CCN(CC#Cc3ccccc3)CC2)s1. The quantitative estimate of drug-likeness (QED) is 0.794. The second-order valence-corrected chi connectivity index (χ2v) is 6.52. The van der Waals surface area contributed by atoms with E-state index in [9.17, 15) is 0 Å². The van der Waals surface area contributed by atoms with E-state index < -0.39 is 0 Å². The number of hydrogen-bond acceptors (Lipinski definition) is 4. The Bertz CT molecular complexity index is 636. The van der Waals surface area contributed by atoms with Gasteiger partial charge in [-0.2, -0.15) is 0 Å². The normalized spacial score (nSPS) is 15.6. The molecule has 0 bridgehead atoms. The van der Waals surface area contributed by atoms with E-state index in [1.165, 1.54) is 0 Å². The van der Waals surface area contributed by atoms with Crippen LogP contribution >= 0.6 is 22.9 Å².